The molecule has 35 heavy (non-hydrogen) atoms. The Labute approximate surface area is 206 Å². The van der Waals surface area contributed by atoms with Gasteiger partial charge in [0.05, 0.1) is 38.3 Å². The third kappa shape index (κ3) is 7.60. The summed E-state index contributed by atoms with van der Waals surface area (Å²) >= 11 is 0. The van der Waals surface area contributed by atoms with Crippen molar-refractivity contribution in [3.8, 4) is 0 Å². The number of carbonyl (C=O) groups is 4. The minimum absolute atomic E-state index is 0.0893. The number of hydrogen-bond donors (Lipinski definition) is 2. The van der Waals surface area contributed by atoms with Gasteiger partial charge in [0.15, 0.2) is 0 Å². The average Bonchev–Trinajstić information content (AvgIpc) is 2.99. The Morgan fingerprint density at radius 2 is 1.69 bits per heavy atom. The fourth-order valence-corrected chi connectivity index (χ4v) is 4.41. The van der Waals surface area contributed by atoms with E-state index in [1.807, 2.05) is 38.1 Å². The molecule has 4 amide bonds. The molecular weight excluding hydrogens is 450 g/mol. The van der Waals surface area contributed by atoms with Crippen LogP contribution in [-0.4, -0.2) is 68.0 Å². The smallest absolute Gasteiger partial charge is 0.235 e. The number of carbonyl (C=O) groups excluding carboxylic acids is 4. The number of nitrogens with zero attached hydrogens (tertiary/aromatic N) is 1. The normalized spacial score (nSPS) is 20.1. The van der Waals surface area contributed by atoms with Crippen LogP contribution < -0.4 is 10.6 Å². The van der Waals surface area contributed by atoms with E-state index in [1.165, 1.54) is 4.90 Å². The van der Waals surface area contributed by atoms with Crippen LogP contribution >= 0.6 is 0 Å². The molecule has 1 aliphatic heterocycles. The molecule has 0 bridgehead atoms. The summed E-state index contributed by atoms with van der Waals surface area (Å²) in [4.78, 5) is 50.3. The summed E-state index contributed by atoms with van der Waals surface area (Å²) in [5.74, 6) is -0.344. The van der Waals surface area contributed by atoms with Crippen molar-refractivity contribution in [1.29, 1.82) is 0 Å². The van der Waals surface area contributed by atoms with Gasteiger partial charge in [0.25, 0.3) is 0 Å². The zero-order chi connectivity index (χ0) is 25.3. The number of nitrogens with one attached hydrogen (secondary N) is 2. The molecule has 0 spiro atoms. The van der Waals surface area contributed by atoms with Crippen LogP contribution in [0, 0.1) is 18.3 Å². The fraction of sp³-hybridized carbons (Fsp3) is 0.615. The summed E-state index contributed by atoms with van der Waals surface area (Å²) in [6, 6.07) is 7.59. The van der Waals surface area contributed by atoms with Gasteiger partial charge in [-0.15, -0.1) is 0 Å². The summed E-state index contributed by atoms with van der Waals surface area (Å²) in [5, 5.41) is 5.55. The molecule has 192 valence electrons. The molecule has 1 aromatic carbocycles. The molecule has 3 rings (SSSR count). The first kappa shape index (κ1) is 26.8. The molecular formula is C26H37N3O6. The first-order valence-electron chi connectivity index (χ1n) is 12.4. The van der Waals surface area contributed by atoms with E-state index in [4.69, 9.17) is 9.47 Å². The first-order valence-corrected chi connectivity index (χ1v) is 12.4. The lowest BCUT2D eigenvalue weighted by molar-refractivity contribution is -0.143. The van der Waals surface area contributed by atoms with Crippen LogP contribution in [0.4, 0.5) is 5.69 Å². The minimum Gasteiger partial charge on any atom is -0.379 e. The zero-order valence-electron chi connectivity index (χ0n) is 20.8. The molecule has 9 heteroatoms. The van der Waals surface area contributed by atoms with Gasteiger partial charge in [0.2, 0.25) is 23.6 Å². The molecule has 2 aliphatic rings. The van der Waals surface area contributed by atoms with Crippen LogP contribution in [0.3, 0.4) is 0 Å². The summed E-state index contributed by atoms with van der Waals surface area (Å²) in [6.07, 6.45) is 3.71. The highest BCUT2D eigenvalue weighted by Gasteiger charge is 2.53. The summed E-state index contributed by atoms with van der Waals surface area (Å²) in [6.45, 7) is 5.66. The maximum Gasteiger partial charge on any atom is 0.235 e. The number of benzene rings is 1. The molecule has 1 aliphatic carbocycles. The highest BCUT2D eigenvalue weighted by atomic mass is 16.5. The van der Waals surface area contributed by atoms with Crippen molar-refractivity contribution < 1.29 is 28.7 Å². The Balaban J connectivity index is 1.17. The molecule has 1 aromatic rings. The van der Waals surface area contributed by atoms with Crippen molar-refractivity contribution in [2.75, 3.05) is 44.8 Å². The van der Waals surface area contributed by atoms with E-state index in [9.17, 15) is 19.2 Å². The quantitative estimate of drug-likeness (QED) is 0.308. The summed E-state index contributed by atoms with van der Waals surface area (Å²) in [7, 11) is 0. The second-order valence-corrected chi connectivity index (χ2v) is 9.56. The highest BCUT2D eigenvalue weighted by Crippen LogP contribution is 2.48. The van der Waals surface area contributed by atoms with E-state index in [2.05, 4.69) is 10.6 Å². The van der Waals surface area contributed by atoms with Crippen LogP contribution in [0.1, 0.15) is 51.0 Å². The third-order valence-corrected chi connectivity index (χ3v) is 6.87. The number of anilines is 1. The predicted molar refractivity (Wildman–Crippen MR) is 130 cm³/mol. The van der Waals surface area contributed by atoms with E-state index in [-0.39, 0.29) is 55.4 Å². The number of imide groups is 1. The Morgan fingerprint density at radius 3 is 2.34 bits per heavy atom. The van der Waals surface area contributed by atoms with E-state index < -0.39 is 5.41 Å². The van der Waals surface area contributed by atoms with Gasteiger partial charge in [-0.25, -0.2) is 0 Å². The van der Waals surface area contributed by atoms with E-state index in [0.717, 1.165) is 30.5 Å². The second-order valence-electron chi connectivity index (χ2n) is 9.56. The van der Waals surface area contributed by atoms with Gasteiger partial charge >= 0.3 is 0 Å². The lowest BCUT2D eigenvalue weighted by Crippen LogP contribution is -2.42. The lowest BCUT2D eigenvalue weighted by atomic mass is 9.65. The van der Waals surface area contributed by atoms with Gasteiger partial charge in [-0.3, -0.25) is 24.1 Å². The molecule has 1 saturated heterocycles. The van der Waals surface area contributed by atoms with E-state index in [1.54, 1.807) is 0 Å². The molecule has 1 heterocycles. The van der Waals surface area contributed by atoms with Crippen molar-refractivity contribution in [2.24, 2.45) is 11.3 Å². The number of aryl methyl sites for hydroxylation is 1. The standard InChI is InChI=1S/C26H37N3O6/c1-19-6-8-21(9-7-19)28-23(31)11-14-34-16-17-35-15-12-27-22(30)10-13-29-24(32)18-26(2,25(29)33)20-4-3-5-20/h6-9,20H,3-5,10-18H2,1-2H3,(H,27,30)(H,28,31). The number of hydrogen-bond acceptors (Lipinski definition) is 6. The van der Waals surface area contributed by atoms with Gasteiger partial charge in [0, 0.05) is 31.6 Å². The van der Waals surface area contributed by atoms with E-state index >= 15 is 0 Å². The third-order valence-electron chi connectivity index (χ3n) is 6.87. The van der Waals surface area contributed by atoms with Crippen LogP contribution in [0.15, 0.2) is 24.3 Å². The molecule has 1 saturated carbocycles. The van der Waals surface area contributed by atoms with Gasteiger partial charge in [-0.1, -0.05) is 24.1 Å². The van der Waals surface area contributed by atoms with E-state index in [0.29, 0.717) is 33.0 Å². The lowest BCUT2D eigenvalue weighted by Gasteiger charge is -2.38. The van der Waals surface area contributed by atoms with Gasteiger partial charge < -0.3 is 20.1 Å². The van der Waals surface area contributed by atoms with Crippen molar-refractivity contribution in [2.45, 2.75) is 52.4 Å². The van der Waals surface area contributed by atoms with Crippen molar-refractivity contribution in [3.05, 3.63) is 29.8 Å². The second kappa shape index (κ2) is 12.8. The molecule has 1 unspecified atom stereocenters. The summed E-state index contributed by atoms with van der Waals surface area (Å²) in [5.41, 5.74) is 1.30. The monoisotopic (exact) mass is 487 g/mol. The van der Waals surface area contributed by atoms with Gasteiger partial charge in [0.1, 0.15) is 0 Å². The minimum atomic E-state index is -0.591. The first-order chi connectivity index (χ1) is 16.8. The number of ether oxygens (including phenoxy) is 2. The Kier molecular flexibility index (Phi) is 9.80. The SMILES string of the molecule is Cc1ccc(NC(=O)CCOCCOCCNC(=O)CCN2C(=O)CC(C)(C3CCC3)C2=O)cc1. The fourth-order valence-electron chi connectivity index (χ4n) is 4.41. The molecule has 9 nitrogen and oxygen atoms in total. The van der Waals surface area contributed by atoms with Crippen LogP contribution in [0.25, 0.3) is 0 Å². The Morgan fingerprint density at radius 1 is 1.00 bits per heavy atom. The van der Waals surface area contributed by atoms with Gasteiger partial charge in [-0.05, 0) is 44.7 Å². The Bertz CT molecular complexity index is 899. The maximum absolute atomic E-state index is 12.7. The highest BCUT2D eigenvalue weighted by molar-refractivity contribution is 6.06. The predicted octanol–water partition coefficient (Wildman–Crippen LogP) is 2.43. The Hall–Kier alpha value is -2.78. The van der Waals surface area contributed by atoms with Crippen molar-refractivity contribution in [1.82, 2.24) is 10.2 Å². The van der Waals surface area contributed by atoms with Crippen LogP contribution in [0.5, 0.6) is 0 Å². The van der Waals surface area contributed by atoms with Crippen molar-refractivity contribution in [3.63, 3.8) is 0 Å². The average molecular weight is 488 g/mol. The molecule has 1 atom stereocenters. The number of rotatable bonds is 14. The molecule has 0 aromatic heterocycles. The van der Waals surface area contributed by atoms with Crippen molar-refractivity contribution >= 4 is 29.3 Å². The number of amides is 4. The molecule has 2 fully saturated rings. The molecule has 0 radical (unpaired) electrons. The van der Waals surface area contributed by atoms with Crippen LogP contribution in [0.2, 0.25) is 0 Å². The van der Waals surface area contributed by atoms with Crippen LogP contribution in [-0.2, 0) is 28.7 Å². The maximum atomic E-state index is 12.7. The van der Waals surface area contributed by atoms with Gasteiger partial charge in [-0.2, -0.15) is 0 Å². The zero-order valence-corrected chi connectivity index (χ0v) is 20.8. The summed E-state index contributed by atoms with van der Waals surface area (Å²) < 4.78 is 10.8. The topological polar surface area (TPSA) is 114 Å². The largest absolute Gasteiger partial charge is 0.379 e. The number of likely N-dealkylation sites (tertiary alicyclic amines) is 1. The molecule has 2 N–H and O–H groups in total.